The average molecular weight is 575 g/mol. The molecule has 0 spiro atoms. The van der Waals surface area contributed by atoms with Crippen molar-refractivity contribution in [3.05, 3.63) is 121 Å². The number of nitro groups is 1. The van der Waals surface area contributed by atoms with Crippen molar-refractivity contribution in [3.63, 3.8) is 0 Å². The maximum Gasteiger partial charge on any atom is 0.293 e. The number of rotatable bonds is 7. The Bertz CT molecular complexity index is 1560. The van der Waals surface area contributed by atoms with Crippen LogP contribution in [0.3, 0.4) is 0 Å². The van der Waals surface area contributed by atoms with Crippen LogP contribution in [0.25, 0.3) is 16.8 Å². The van der Waals surface area contributed by atoms with Crippen LogP contribution in [0.5, 0.6) is 5.75 Å². The summed E-state index contributed by atoms with van der Waals surface area (Å²) >= 11 is 4.35. The normalized spacial score (nSPS) is 14.5. The Morgan fingerprint density at radius 3 is 2.51 bits per heavy atom. The van der Waals surface area contributed by atoms with Crippen LogP contribution in [0.15, 0.2) is 94.3 Å². The number of nitro benzene ring substituents is 1. The molecule has 1 saturated heterocycles. The van der Waals surface area contributed by atoms with Crippen molar-refractivity contribution in [2.45, 2.75) is 13.2 Å². The molecule has 1 fully saturated rings. The van der Waals surface area contributed by atoms with Crippen molar-refractivity contribution >= 4 is 61.4 Å². The van der Waals surface area contributed by atoms with E-state index in [2.05, 4.69) is 15.9 Å². The van der Waals surface area contributed by atoms with Crippen LogP contribution in [0.2, 0.25) is 0 Å². The fourth-order valence-electron chi connectivity index (χ4n) is 4.02. The van der Waals surface area contributed by atoms with E-state index < -0.39 is 4.92 Å². The summed E-state index contributed by atoms with van der Waals surface area (Å²) in [4.78, 5) is 38.0. The summed E-state index contributed by atoms with van der Waals surface area (Å²) in [6.07, 6.45) is 1.66. The topological polar surface area (TPSA) is 89.7 Å². The second-order valence-corrected chi connectivity index (χ2v) is 10.2. The first kappa shape index (κ1) is 24.7. The number of carbonyl (C=O) groups excluding carboxylic acids is 2. The third-order valence-corrected chi connectivity index (χ3v) is 7.28. The number of benzene rings is 4. The molecule has 37 heavy (non-hydrogen) atoms. The molecule has 0 unspecified atom stereocenters. The minimum Gasteiger partial charge on any atom is -0.488 e. The molecule has 184 valence electrons. The zero-order valence-electron chi connectivity index (χ0n) is 19.3. The number of thioether (sulfide) groups is 1. The van der Waals surface area contributed by atoms with E-state index in [1.165, 1.54) is 17.0 Å². The van der Waals surface area contributed by atoms with E-state index in [0.29, 0.717) is 16.2 Å². The van der Waals surface area contributed by atoms with Gasteiger partial charge in [0, 0.05) is 22.2 Å². The first-order valence-corrected chi connectivity index (χ1v) is 12.9. The molecule has 0 bridgehead atoms. The van der Waals surface area contributed by atoms with Crippen LogP contribution in [-0.4, -0.2) is 21.0 Å². The van der Waals surface area contributed by atoms with Crippen LogP contribution in [0.1, 0.15) is 16.7 Å². The van der Waals surface area contributed by atoms with Gasteiger partial charge in [-0.2, -0.15) is 0 Å². The number of fused-ring (bicyclic) bond motifs is 1. The SMILES string of the molecule is O=C1S/C(=C/c2cc(Br)ccc2OCc2ccc([N+](=O)[O-])cc2)C(=O)N1Cc1cccc2ccccc12. The lowest BCUT2D eigenvalue weighted by molar-refractivity contribution is -0.384. The molecule has 4 aromatic carbocycles. The second kappa shape index (κ2) is 10.6. The zero-order chi connectivity index (χ0) is 25.9. The standard InChI is InChI=1S/C28H19BrN2O5S/c29-22-10-13-25(36-17-18-8-11-23(12-9-18)31(34)35)21(14-22)15-26-27(32)30(28(33)37-26)16-20-6-3-5-19-4-1-2-7-24(19)20/h1-15H,16-17H2/b26-15+. The Labute approximate surface area is 225 Å². The zero-order valence-corrected chi connectivity index (χ0v) is 21.7. The maximum atomic E-state index is 13.2. The molecule has 0 aromatic heterocycles. The lowest BCUT2D eigenvalue weighted by Crippen LogP contribution is -2.27. The maximum absolute atomic E-state index is 13.2. The molecule has 0 radical (unpaired) electrons. The van der Waals surface area contributed by atoms with E-state index in [-0.39, 0.29) is 30.0 Å². The first-order valence-electron chi connectivity index (χ1n) is 11.3. The van der Waals surface area contributed by atoms with Gasteiger partial charge in [0.2, 0.25) is 0 Å². The monoisotopic (exact) mass is 574 g/mol. The number of carbonyl (C=O) groups is 2. The molecule has 4 aromatic rings. The highest BCUT2D eigenvalue weighted by Gasteiger charge is 2.35. The summed E-state index contributed by atoms with van der Waals surface area (Å²) in [5, 5.41) is 12.6. The molecule has 9 heteroatoms. The predicted octanol–water partition coefficient (Wildman–Crippen LogP) is 7.33. The molecule has 1 aliphatic heterocycles. The van der Waals surface area contributed by atoms with Crippen molar-refractivity contribution in [2.24, 2.45) is 0 Å². The van der Waals surface area contributed by atoms with Crippen LogP contribution in [-0.2, 0) is 17.9 Å². The van der Waals surface area contributed by atoms with Gasteiger partial charge in [0.05, 0.1) is 16.4 Å². The van der Waals surface area contributed by atoms with Gasteiger partial charge in [0.1, 0.15) is 12.4 Å². The number of hydrogen-bond acceptors (Lipinski definition) is 6. The smallest absolute Gasteiger partial charge is 0.293 e. The van der Waals surface area contributed by atoms with Gasteiger partial charge in [-0.3, -0.25) is 24.6 Å². The molecule has 1 heterocycles. The summed E-state index contributed by atoms with van der Waals surface area (Å²) < 4.78 is 6.76. The lowest BCUT2D eigenvalue weighted by atomic mass is 10.0. The predicted molar refractivity (Wildman–Crippen MR) is 147 cm³/mol. The van der Waals surface area contributed by atoms with Gasteiger partial charge in [-0.05, 0) is 70.1 Å². The van der Waals surface area contributed by atoms with Gasteiger partial charge in [-0.15, -0.1) is 0 Å². The number of halogens is 1. The summed E-state index contributed by atoms with van der Waals surface area (Å²) in [5.41, 5.74) is 2.30. The van der Waals surface area contributed by atoms with Crippen molar-refractivity contribution in [1.29, 1.82) is 0 Å². The largest absolute Gasteiger partial charge is 0.488 e. The highest BCUT2D eigenvalue weighted by Crippen LogP contribution is 2.36. The average Bonchev–Trinajstić information content (AvgIpc) is 3.16. The quantitative estimate of drug-likeness (QED) is 0.130. The van der Waals surface area contributed by atoms with E-state index in [0.717, 1.165) is 38.1 Å². The molecule has 7 nitrogen and oxygen atoms in total. The van der Waals surface area contributed by atoms with Crippen LogP contribution in [0.4, 0.5) is 10.5 Å². The molecular weight excluding hydrogens is 556 g/mol. The molecule has 0 N–H and O–H groups in total. The number of amides is 2. The van der Waals surface area contributed by atoms with E-state index >= 15 is 0 Å². The number of imide groups is 1. The molecule has 1 aliphatic rings. The molecule has 0 saturated carbocycles. The van der Waals surface area contributed by atoms with E-state index in [4.69, 9.17) is 4.74 Å². The Balaban J connectivity index is 1.36. The van der Waals surface area contributed by atoms with E-state index in [9.17, 15) is 19.7 Å². The van der Waals surface area contributed by atoms with E-state index in [1.807, 2.05) is 54.6 Å². The Morgan fingerprint density at radius 1 is 0.973 bits per heavy atom. The summed E-state index contributed by atoms with van der Waals surface area (Å²) in [6.45, 7) is 0.369. The highest BCUT2D eigenvalue weighted by molar-refractivity contribution is 9.10. The first-order chi connectivity index (χ1) is 17.9. The number of non-ortho nitro benzene ring substituents is 1. The Hall–Kier alpha value is -3.95. The second-order valence-electron chi connectivity index (χ2n) is 8.30. The van der Waals surface area contributed by atoms with Gasteiger partial charge >= 0.3 is 0 Å². The van der Waals surface area contributed by atoms with Crippen LogP contribution in [0, 0.1) is 10.1 Å². The third kappa shape index (κ3) is 5.42. The Morgan fingerprint density at radius 2 is 1.73 bits per heavy atom. The Kier molecular flexibility index (Phi) is 7.07. The fraction of sp³-hybridized carbons (Fsp3) is 0.0714. The van der Waals surface area contributed by atoms with Crippen LogP contribution >= 0.6 is 27.7 Å². The highest BCUT2D eigenvalue weighted by atomic mass is 79.9. The van der Waals surface area contributed by atoms with Crippen LogP contribution < -0.4 is 4.74 Å². The summed E-state index contributed by atoms with van der Waals surface area (Å²) in [7, 11) is 0. The van der Waals surface area contributed by atoms with Crippen molar-refractivity contribution in [2.75, 3.05) is 0 Å². The molecule has 0 atom stereocenters. The lowest BCUT2D eigenvalue weighted by Gasteiger charge is -2.14. The molecular formula is C28H19BrN2O5S. The minimum atomic E-state index is -0.454. The molecule has 5 rings (SSSR count). The summed E-state index contributed by atoms with van der Waals surface area (Å²) in [5.74, 6) is 0.159. The minimum absolute atomic E-state index is 0.00677. The van der Waals surface area contributed by atoms with Gasteiger partial charge in [-0.1, -0.05) is 58.4 Å². The summed E-state index contributed by atoms with van der Waals surface area (Å²) in [6, 6.07) is 25.2. The van der Waals surface area contributed by atoms with E-state index in [1.54, 1.807) is 24.3 Å². The number of hydrogen-bond donors (Lipinski definition) is 0. The molecule has 2 amide bonds. The van der Waals surface area contributed by atoms with Gasteiger partial charge in [-0.25, -0.2) is 0 Å². The van der Waals surface area contributed by atoms with Gasteiger partial charge in [0.15, 0.2) is 0 Å². The van der Waals surface area contributed by atoms with Gasteiger partial charge < -0.3 is 4.74 Å². The van der Waals surface area contributed by atoms with Gasteiger partial charge in [0.25, 0.3) is 16.8 Å². The third-order valence-electron chi connectivity index (χ3n) is 5.88. The molecule has 0 aliphatic carbocycles. The van der Waals surface area contributed by atoms with Crippen molar-refractivity contribution < 1.29 is 19.2 Å². The number of ether oxygens (including phenoxy) is 1. The van der Waals surface area contributed by atoms with Crippen molar-refractivity contribution in [1.82, 2.24) is 4.90 Å². The van der Waals surface area contributed by atoms with Crippen molar-refractivity contribution in [3.8, 4) is 5.75 Å². The number of nitrogens with zero attached hydrogens (tertiary/aromatic N) is 2. The fourth-order valence-corrected chi connectivity index (χ4v) is 5.22.